The molecule has 8 heteroatoms. The van der Waals surface area contributed by atoms with E-state index in [1.807, 2.05) is 6.07 Å². The highest BCUT2D eigenvalue weighted by Crippen LogP contribution is 2.16. The van der Waals surface area contributed by atoms with Gasteiger partial charge >= 0.3 is 6.18 Å². The maximum Gasteiger partial charge on any atom is 0.411 e. The molecule has 2 aromatic rings. The zero-order valence-corrected chi connectivity index (χ0v) is 14.8. The molecule has 2 rings (SSSR count). The van der Waals surface area contributed by atoms with Crippen molar-refractivity contribution in [3.8, 4) is 0 Å². The van der Waals surface area contributed by atoms with Crippen LogP contribution < -0.4 is 10.6 Å². The lowest BCUT2D eigenvalue weighted by atomic mass is 10.1. The van der Waals surface area contributed by atoms with Crippen molar-refractivity contribution in [2.75, 3.05) is 13.7 Å². The third kappa shape index (κ3) is 7.65. The van der Waals surface area contributed by atoms with E-state index in [9.17, 15) is 17.6 Å². The predicted octanol–water partition coefficient (Wildman–Crippen LogP) is 3.77. The largest absolute Gasteiger partial charge is 0.411 e. The van der Waals surface area contributed by atoms with E-state index in [0.29, 0.717) is 23.6 Å². The third-order valence-electron chi connectivity index (χ3n) is 3.61. The van der Waals surface area contributed by atoms with Crippen LogP contribution in [0.25, 0.3) is 0 Å². The fraction of sp³-hybridized carbons (Fsp3) is 0.316. The second-order valence-electron chi connectivity index (χ2n) is 5.80. The number of nitrogens with zero attached hydrogens (tertiary/aromatic N) is 1. The molecule has 0 spiro atoms. The minimum atomic E-state index is -4.34. The number of hydrogen-bond acceptors (Lipinski definition) is 2. The van der Waals surface area contributed by atoms with Gasteiger partial charge in [-0.2, -0.15) is 13.2 Å². The van der Waals surface area contributed by atoms with E-state index in [-0.39, 0.29) is 19.0 Å². The molecule has 0 radical (unpaired) electrons. The normalized spacial score (nSPS) is 12.1. The van der Waals surface area contributed by atoms with Crippen molar-refractivity contribution in [1.29, 1.82) is 0 Å². The molecule has 146 valence electrons. The van der Waals surface area contributed by atoms with Gasteiger partial charge in [-0.15, -0.1) is 0 Å². The summed E-state index contributed by atoms with van der Waals surface area (Å²) in [6, 6.07) is 13.5. The summed E-state index contributed by atoms with van der Waals surface area (Å²) in [5, 5.41) is 6.09. The van der Waals surface area contributed by atoms with E-state index in [1.54, 1.807) is 43.4 Å². The predicted molar refractivity (Wildman–Crippen MR) is 95.6 cm³/mol. The summed E-state index contributed by atoms with van der Waals surface area (Å²) >= 11 is 0. The van der Waals surface area contributed by atoms with Crippen LogP contribution in [0.1, 0.15) is 16.7 Å². The van der Waals surface area contributed by atoms with Gasteiger partial charge in [0.25, 0.3) is 0 Å². The molecule has 0 aliphatic carbocycles. The Kier molecular flexibility index (Phi) is 7.60. The zero-order chi connectivity index (χ0) is 19.7. The number of aliphatic imine (C=N–C) groups is 1. The topological polar surface area (TPSA) is 45.7 Å². The van der Waals surface area contributed by atoms with E-state index in [4.69, 9.17) is 0 Å². The highest BCUT2D eigenvalue weighted by molar-refractivity contribution is 5.79. The summed E-state index contributed by atoms with van der Waals surface area (Å²) in [6.45, 7) is -0.711. The second kappa shape index (κ2) is 9.91. The van der Waals surface area contributed by atoms with Gasteiger partial charge in [0.2, 0.25) is 0 Å². The van der Waals surface area contributed by atoms with Crippen molar-refractivity contribution >= 4 is 5.96 Å². The minimum Gasteiger partial charge on any atom is -0.367 e. The number of halogens is 4. The van der Waals surface area contributed by atoms with Gasteiger partial charge in [-0.25, -0.2) is 4.39 Å². The van der Waals surface area contributed by atoms with Crippen molar-refractivity contribution in [1.82, 2.24) is 10.6 Å². The number of guanidine groups is 1. The SMILES string of the molecule is CN=C(NCc1cccc(COCC(F)(F)F)c1)NCc1ccccc1F. The van der Waals surface area contributed by atoms with Crippen LogP contribution in [0.4, 0.5) is 17.6 Å². The second-order valence-corrected chi connectivity index (χ2v) is 5.80. The van der Waals surface area contributed by atoms with Crippen LogP contribution in [0.15, 0.2) is 53.5 Å². The van der Waals surface area contributed by atoms with Crippen LogP contribution in [0.3, 0.4) is 0 Å². The van der Waals surface area contributed by atoms with E-state index in [1.165, 1.54) is 6.07 Å². The Labute approximate surface area is 155 Å². The number of nitrogens with one attached hydrogen (secondary N) is 2. The van der Waals surface area contributed by atoms with Crippen molar-refractivity contribution in [3.05, 3.63) is 71.0 Å². The lowest BCUT2D eigenvalue weighted by Gasteiger charge is -2.13. The van der Waals surface area contributed by atoms with Gasteiger partial charge in [0.15, 0.2) is 5.96 Å². The summed E-state index contributed by atoms with van der Waals surface area (Å²) in [4.78, 5) is 4.07. The molecular formula is C19H21F4N3O. The Morgan fingerprint density at radius 3 is 2.41 bits per heavy atom. The Hall–Kier alpha value is -2.61. The van der Waals surface area contributed by atoms with E-state index >= 15 is 0 Å². The average Bonchev–Trinajstić information content (AvgIpc) is 2.62. The average molecular weight is 383 g/mol. The standard InChI is InChI=1S/C19H21F4N3O/c1-24-18(26-11-16-7-2-3-8-17(16)20)25-10-14-5-4-6-15(9-14)12-27-13-19(21,22)23/h2-9H,10-13H2,1H3,(H2,24,25,26). The number of ether oxygens (including phenoxy) is 1. The molecule has 2 aromatic carbocycles. The Balaban J connectivity index is 1.83. The molecule has 0 saturated carbocycles. The molecule has 0 aliphatic rings. The van der Waals surface area contributed by atoms with E-state index < -0.39 is 12.8 Å². The lowest BCUT2D eigenvalue weighted by molar-refractivity contribution is -0.176. The van der Waals surface area contributed by atoms with Gasteiger partial charge in [-0.05, 0) is 17.2 Å². The first kappa shape index (κ1) is 20.7. The van der Waals surface area contributed by atoms with Crippen LogP contribution in [0.2, 0.25) is 0 Å². The molecule has 0 heterocycles. The van der Waals surface area contributed by atoms with Crippen LogP contribution in [0, 0.1) is 5.82 Å². The Morgan fingerprint density at radius 1 is 1.00 bits per heavy atom. The molecule has 0 fully saturated rings. The maximum absolute atomic E-state index is 13.6. The first-order chi connectivity index (χ1) is 12.9. The molecule has 0 bridgehead atoms. The minimum absolute atomic E-state index is 0.117. The molecular weight excluding hydrogens is 362 g/mol. The quantitative estimate of drug-likeness (QED) is 0.435. The van der Waals surface area contributed by atoms with Crippen LogP contribution in [0.5, 0.6) is 0 Å². The van der Waals surface area contributed by atoms with Crippen molar-refractivity contribution < 1.29 is 22.3 Å². The number of alkyl halides is 3. The van der Waals surface area contributed by atoms with Gasteiger partial charge in [-0.3, -0.25) is 4.99 Å². The van der Waals surface area contributed by atoms with Crippen molar-refractivity contribution in [3.63, 3.8) is 0 Å². The lowest BCUT2D eigenvalue weighted by Crippen LogP contribution is -2.36. The molecule has 0 atom stereocenters. The van der Waals surface area contributed by atoms with Crippen LogP contribution in [-0.4, -0.2) is 25.8 Å². The van der Waals surface area contributed by atoms with E-state index in [2.05, 4.69) is 20.4 Å². The molecule has 27 heavy (non-hydrogen) atoms. The van der Waals surface area contributed by atoms with E-state index in [0.717, 1.165) is 5.56 Å². The van der Waals surface area contributed by atoms with Crippen molar-refractivity contribution in [2.24, 2.45) is 4.99 Å². The van der Waals surface area contributed by atoms with Crippen LogP contribution in [-0.2, 0) is 24.4 Å². The first-order valence-corrected chi connectivity index (χ1v) is 8.27. The first-order valence-electron chi connectivity index (χ1n) is 8.27. The number of benzene rings is 2. The molecule has 0 saturated heterocycles. The van der Waals surface area contributed by atoms with Crippen molar-refractivity contribution in [2.45, 2.75) is 25.9 Å². The summed E-state index contributed by atoms with van der Waals surface area (Å²) in [6.07, 6.45) is -4.34. The summed E-state index contributed by atoms with van der Waals surface area (Å²) in [5.74, 6) is 0.184. The molecule has 0 aromatic heterocycles. The smallest absolute Gasteiger partial charge is 0.367 e. The molecule has 0 unspecified atom stereocenters. The van der Waals surface area contributed by atoms with Gasteiger partial charge in [-0.1, -0.05) is 42.5 Å². The van der Waals surface area contributed by atoms with Gasteiger partial charge in [0.05, 0.1) is 6.61 Å². The highest BCUT2D eigenvalue weighted by Gasteiger charge is 2.27. The van der Waals surface area contributed by atoms with Gasteiger partial charge < -0.3 is 15.4 Å². The molecule has 0 amide bonds. The number of hydrogen-bond donors (Lipinski definition) is 2. The summed E-state index contributed by atoms with van der Waals surface area (Å²) in [7, 11) is 1.60. The Morgan fingerprint density at radius 2 is 1.70 bits per heavy atom. The third-order valence-corrected chi connectivity index (χ3v) is 3.61. The molecule has 0 aliphatic heterocycles. The van der Waals surface area contributed by atoms with Gasteiger partial charge in [0.1, 0.15) is 12.4 Å². The molecule has 4 nitrogen and oxygen atoms in total. The Bertz CT molecular complexity index is 763. The fourth-order valence-electron chi connectivity index (χ4n) is 2.34. The highest BCUT2D eigenvalue weighted by atomic mass is 19.4. The monoisotopic (exact) mass is 383 g/mol. The summed E-state index contributed by atoms with van der Waals surface area (Å²) < 4.78 is 54.7. The number of rotatable bonds is 7. The van der Waals surface area contributed by atoms with Crippen LogP contribution >= 0.6 is 0 Å². The molecule has 2 N–H and O–H groups in total. The van der Waals surface area contributed by atoms with Gasteiger partial charge in [0, 0.05) is 25.7 Å². The fourth-order valence-corrected chi connectivity index (χ4v) is 2.34. The maximum atomic E-state index is 13.6. The summed E-state index contributed by atoms with van der Waals surface area (Å²) in [5.41, 5.74) is 2.02. The zero-order valence-electron chi connectivity index (χ0n) is 14.8.